The molecule has 0 aromatic heterocycles. The summed E-state index contributed by atoms with van der Waals surface area (Å²) in [6.45, 7) is 1.94. The summed E-state index contributed by atoms with van der Waals surface area (Å²) >= 11 is 5.24. The first-order chi connectivity index (χ1) is 4.00. The van der Waals surface area contributed by atoms with Crippen molar-refractivity contribution >= 4 is 11.6 Å². The van der Waals surface area contributed by atoms with Gasteiger partial charge in [0.2, 0.25) is 0 Å². The molecule has 1 unspecified atom stereocenters. The van der Waals surface area contributed by atoms with E-state index >= 15 is 0 Å². The van der Waals surface area contributed by atoms with Crippen LogP contribution >= 0.6 is 11.6 Å². The summed E-state index contributed by atoms with van der Waals surface area (Å²) in [7, 11) is 6.00. The smallest absolute Gasteiger partial charge is 0.0797 e. The summed E-state index contributed by atoms with van der Waals surface area (Å²) in [6.07, 6.45) is 0.849. The summed E-state index contributed by atoms with van der Waals surface area (Å²) in [5.74, 6) is 0. The average molecular weight is 153 g/mol. The second kappa shape index (κ2) is 8.21. The third kappa shape index (κ3) is 64.8. The number of alkyl halides is 1. The molecule has 0 aromatic rings. The molecule has 9 heavy (non-hydrogen) atoms. The zero-order chi connectivity index (χ0) is 7.86. The van der Waals surface area contributed by atoms with Gasteiger partial charge in [-0.1, -0.05) is 6.92 Å². The minimum Gasteiger partial charge on any atom is -0.315 e. The molecule has 0 amide bonds. The molecule has 2 nitrogen and oxygen atoms in total. The van der Waals surface area contributed by atoms with Crippen molar-refractivity contribution in [1.82, 2.24) is 4.90 Å². The highest BCUT2D eigenvalue weighted by atomic mass is 35.5. The van der Waals surface area contributed by atoms with E-state index in [0.717, 1.165) is 6.42 Å². The topological polar surface area (TPSA) is 29.3 Å². The Morgan fingerprint density at radius 3 is 1.56 bits per heavy atom. The van der Waals surface area contributed by atoms with Crippen molar-refractivity contribution in [3.8, 4) is 0 Å². The molecule has 0 spiro atoms. The second-order valence-electron chi connectivity index (χ2n) is 2.27. The van der Waals surface area contributed by atoms with Gasteiger partial charge < -0.3 is 10.6 Å². The zero-order valence-corrected chi connectivity index (χ0v) is 7.44. The number of rotatable bonds is 1. The lowest BCUT2D eigenvalue weighted by Gasteiger charge is -1.90. The van der Waals surface area contributed by atoms with E-state index in [9.17, 15) is 0 Å². The average Bonchev–Trinajstić information content (AvgIpc) is 1.65. The number of hydrogen-bond donors (Lipinski definition) is 1. The van der Waals surface area contributed by atoms with Crippen LogP contribution in [0, 0.1) is 0 Å². The zero-order valence-electron chi connectivity index (χ0n) is 6.69. The van der Waals surface area contributed by atoms with E-state index in [2.05, 4.69) is 0 Å². The van der Waals surface area contributed by atoms with Crippen molar-refractivity contribution in [3.63, 3.8) is 0 Å². The van der Waals surface area contributed by atoms with Crippen molar-refractivity contribution in [3.05, 3.63) is 0 Å². The van der Waals surface area contributed by atoms with Gasteiger partial charge in [-0.25, -0.2) is 0 Å². The Hall–Kier alpha value is 0.210. The SMILES string of the molecule is CCC(N)Cl.CN(C)C. The Labute approximate surface area is 63.0 Å². The van der Waals surface area contributed by atoms with Crippen LogP contribution in [-0.4, -0.2) is 31.5 Å². The quantitative estimate of drug-likeness (QED) is 0.451. The predicted octanol–water partition coefficient (Wildman–Crippen LogP) is 1.10. The molecule has 0 saturated heterocycles. The molecule has 0 radical (unpaired) electrons. The van der Waals surface area contributed by atoms with E-state index in [1.165, 1.54) is 0 Å². The predicted molar refractivity (Wildman–Crippen MR) is 43.7 cm³/mol. The highest BCUT2D eigenvalue weighted by Gasteiger charge is 1.82. The highest BCUT2D eigenvalue weighted by Crippen LogP contribution is 1.87. The molecule has 0 aromatic carbocycles. The number of nitrogens with two attached hydrogens (primary N) is 1. The van der Waals surface area contributed by atoms with Gasteiger partial charge in [-0.15, -0.1) is 11.6 Å². The second-order valence-corrected chi connectivity index (χ2v) is 2.83. The van der Waals surface area contributed by atoms with E-state index in [1.54, 1.807) is 0 Å². The summed E-state index contributed by atoms with van der Waals surface area (Å²) in [5, 5.41) is 0. The van der Waals surface area contributed by atoms with Crippen LogP contribution in [0.15, 0.2) is 0 Å². The minimum atomic E-state index is -0.144. The van der Waals surface area contributed by atoms with Gasteiger partial charge in [0.05, 0.1) is 5.50 Å². The van der Waals surface area contributed by atoms with Crippen LogP contribution in [0.1, 0.15) is 13.3 Å². The molecule has 3 heteroatoms. The summed E-state index contributed by atoms with van der Waals surface area (Å²) < 4.78 is 0. The van der Waals surface area contributed by atoms with Crippen molar-refractivity contribution in [2.45, 2.75) is 18.8 Å². The fraction of sp³-hybridized carbons (Fsp3) is 1.00. The Morgan fingerprint density at radius 1 is 1.44 bits per heavy atom. The number of halogens is 1. The number of hydrogen-bond acceptors (Lipinski definition) is 2. The highest BCUT2D eigenvalue weighted by molar-refractivity contribution is 6.20. The molecule has 0 aliphatic carbocycles. The fourth-order valence-corrected chi connectivity index (χ4v) is 0. The fourth-order valence-electron chi connectivity index (χ4n) is 0. The standard InChI is InChI=1S/C3H8ClN.C3H9N/c1-2-3(4)5;1-4(2)3/h3H,2,5H2,1H3;1-3H3. The molecule has 0 aliphatic heterocycles. The van der Waals surface area contributed by atoms with Crippen molar-refractivity contribution in [2.24, 2.45) is 5.73 Å². The van der Waals surface area contributed by atoms with Gasteiger partial charge >= 0.3 is 0 Å². The van der Waals surface area contributed by atoms with Gasteiger partial charge in [0.1, 0.15) is 0 Å². The molecule has 0 heterocycles. The first kappa shape index (κ1) is 11.9. The van der Waals surface area contributed by atoms with E-state index in [-0.39, 0.29) is 5.50 Å². The Balaban J connectivity index is 0. The molecule has 2 N–H and O–H groups in total. The van der Waals surface area contributed by atoms with Crippen molar-refractivity contribution in [1.29, 1.82) is 0 Å². The van der Waals surface area contributed by atoms with Gasteiger partial charge in [-0.05, 0) is 27.6 Å². The van der Waals surface area contributed by atoms with Crippen LogP contribution in [-0.2, 0) is 0 Å². The van der Waals surface area contributed by atoms with Gasteiger partial charge in [0, 0.05) is 0 Å². The Kier molecular flexibility index (Phi) is 10.9. The molecule has 0 saturated carbocycles. The van der Waals surface area contributed by atoms with Gasteiger partial charge in [0.15, 0.2) is 0 Å². The summed E-state index contributed by atoms with van der Waals surface area (Å²) in [6, 6.07) is 0. The summed E-state index contributed by atoms with van der Waals surface area (Å²) in [5.41, 5.74) is 4.91. The van der Waals surface area contributed by atoms with Crippen molar-refractivity contribution in [2.75, 3.05) is 21.1 Å². The molecule has 0 bridgehead atoms. The molecular formula is C6H17ClN2. The normalized spacial score (nSPS) is 12.3. The van der Waals surface area contributed by atoms with Gasteiger partial charge in [0.25, 0.3) is 0 Å². The van der Waals surface area contributed by atoms with Crippen LogP contribution in [0.25, 0.3) is 0 Å². The maximum atomic E-state index is 5.24. The van der Waals surface area contributed by atoms with E-state index in [1.807, 2.05) is 33.0 Å². The van der Waals surface area contributed by atoms with Crippen LogP contribution in [0.4, 0.5) is 0 Å². The molecule has 0 rings (SSSR count). The first-order valence-electron chi connectivity index (χ1n) is 3.01. The summed E-state index contributed by atoms with van der Waals surface area (Å²) in [4.78, 5) is 2.00. The lowest BCUT2D eigenvalue weighted by molar-refractivity contribution is 0.505. The van der Waals surface area contributed by atoms with E-state index in [0.29, 0.717) is 0 Å². The maximum absolute atomic E-state index is 5.24. The monoisotopic (exact) mass is 152 g/mol. The minimum absolute atomic E-state index is 0.144. The van der Waals surface area contributed by atoms with Crippen LogP contribution in [0.3, 0.4) is 0 Å². The maximum Gasteiger partial charge on any atom is 0.0797 e. The third-order valence-corrected chi connectivity index (χ3v) is 0.699. The molecule has 1 atom stereocenters. The van der Waals surface area contributed by atoms with Crippen molar-refractivity contribution < 1.29 is 0 Å². The van der Waals surface area contributed by atoms with Crippen LogP contribution < -0.4 is 5.73 Å². The Bertz CT molecular complexity index is 43.6. The van der Waals surface area contributed by atoms with Crippen LogP contribution in [0.5, 0.6) is 0 Å². The van der Waals surface area contributed by atoms with Gasteiger partial charge in [-0.2, -0.15) is 0 Å². The van der Waals surface area contributed by atoms with Crippen LogP contribution in [0.2, 0.25) is 0 Å². The van der Waals surface area contributed by atoms with Gasteiger partial charge in [-0.3, -0.25) is 0 Å². The lowest BCUT2D eigenvalue weighted by Crippen LogP contribution is -2.08. The first-order valence-corrected chi connectivity index (χ1v) is 3.44. The number of nitrogens with zero attached hydrogens (tertiary/aromatic N) is 1. The molecule has 0 fully saturated rings. The largest absolute Gasteiger partial charge is 0.315 e. The lowest BCUT2D eigenvalue weighted by atomic mass is 10.5. The molecule has 0 aliphatic rings. The third-order valence-electron chi connectivity index (χ3n) is 0.390. The molecular weight excluding hydrogens is 136 g/mol. The Morgan fingerprint density at radius 2 is 1.56 bits per heavy atom. The van der Waals surface area contributed by atoms with E-state index < -0.39 is 0 Å². The van der Waals surface area contributed by atoms with E-state index in [4.69, 9.17) is 17.3 Å². The molecule has 58 valence electrons.